The zero-order valence-electron chi connectivity index (χ0n) is 39.9. The predicted molar refractivity (Wildman–Crippen MR) is 231 cm³/mol. The molecule has 4 saturated carbocycles. The van der Waals surface area contributed by atoms with Gasteiger partial charge >= 0.3 is 11.9 Å². The Balaban J connectivity index is 1.13. The van der Waals surface area contributed by atoms with Gasteiger partial charge in [-0.15, -0.1) is 0 Å². The van der Waals surface area contributed by atoms with Crippen molar-refractivity contribution in [1.29, 1.82) is 0 Å². The normalized spacial score (nSPS) is 54.5. The zero-order valence-corrected chi connectivity index (χ0v) is 39.9. The summed E-state index contributed by atoms with van der Waals surface area (Å²) in [6, 6.07) is 0. The van der Waals surface area contributed by atoms with E-state index in [9.17, 15) is 70.6 Å². The summed E-state index contributed by atoms with van der Waals surface area (Å²) in [5, 5.41) is 119. The van der Waals surface area contributed by atoms with Crippen LogP contribution in [0.1, 0.15) is 106 Å². The third kappa shape index (κ3) is 7.77. The lowest BCUT2D eigenvalue weighted by molar-refractivity contribution is -0.394. The second-order valence-corrected chi connectivity index (χ2v) is 23.3. The Morgan fingerprint density at radius 1 is 0.706 bits per heavy atom. The third-order valence-corrected chi connectivity index (χ3v) is 19.3. The van der Waals surface area contributed by atoms with Gasteiger partial charge in [-0.1, -0.05) is 53.2 Å². The van der Waals surface area contributed by atoms with Crippen LogP contribution in [-0.2, 0) is 42.8 Å². The van der Waals surface area contributed by atoms with Gasteiger partial charge in [0.05, 0.1) is 30.3 Å². The molecule has 68 heavy (non-hydrogen) atoms. The van der Waals surface area contributed by atoms with Crippen molar-refractivity contribution in [3.63, 3.8) is 0 Å². The lowest BCUT2D eigenvalue weighted by Crippen LogP contribution is -2.69. The van der Waals surface area contributed by atoms with E-state index in [0.717, 1.165) is 11.9 Å². The summed E-state index contributed by atoms with van der Waals surface area (Å²) in [6.07, 6.45) is -21.9. The summed E-state index contributed by atoms with van der Waals surface area (Å²) in [6.45, 7) is 13.2. The SMILES string of the molecule is C[C@@H]1O[C@@H](O[C@H]2[C@H](O)[C@@H](C(=O)O)O[C@@H](O[C@H]3CC[C@]4(C)[C@H]5CC=C6[C@@H]7CC(C)(C)CC[C@]7(C(=O)O)[C@H](O)C[C@@]6(C)[C@]5(C)CC[C@H]4[C@]3(C)C=O)[C@@H]2OC2O[C@H](CO)C(O)C(O)C2O)[C@H](O)[C@H](O)[C@H]1O. The highest BCUT2D eigenvalue weighted by atomic mass is 16.8. The second kappa shape index (κ2) is 18.0. The molecule has 8 rings (SSSR count). The van der Waals surface area contributed by atoms with Crippen LogP contribution in [0.15, 0.2) is 11.6 Å². The van der Waals surface area contributed by atoms with E-state index in [1.807, 2.05) is 0 Å². The van der Waals surface area contributed by atoms with Crippen molar-refractivity contribution < 1.29 is 99.0 Å². The Morgan fingerprint density at radius 3 is 1.96 bits per heavy atom. The molecule has 4 unspecified atom stereocenters. The highest BCUT2D eigenvalue weighted by Gasteiger charge is 2.72. The summed E-state index contributed by atoms with van der Waals surface area (Å²) < 4.78 is 36.2. The largest absolute Gasteiger partial charge is 0.481 e. The number of carbonyl (C=O) groups excluding carboxylic acids is 1. The molecule has 0 radical (unpaired) electrons. The summed E-state index contributed by atoms with van der Waals surface area (Å²) >= 11 is 0. The topological polar surface area (TPSA) is 329 Å². The molecule has 11 N–H and O–H groups in total. The zero-order chi connectivity index (χ0) is 50.0. The van der Waals surface area contributed by atoms with E-state index in [0.29, 0.717) is 44.9 Å². The molecule has 0 aromatic rings. The number of aliphatic hydroxyl groups excluding tert-OH is 9. The highest BCUT2D eigenvalue weighted by Crippen LogP contribution is 2.76. The number of aliphatic hydroxyl groups is 9. The van der Waals surface area contributed by atoms with E-state index in [1.54, 1.807) is 6.92 Å². The maximum Gasteiger partial charge on any atom is 0.335 e. The minimum atomic E-state index is -2.15. The van der Waals surface area contributed by atoms with E-state index in [-0.39, 0.29) is 36.0 Å². The average Bonchev–Trinajstić information content (AvgIpc) is 3.27. The molecule has 7 fully saturated rings. The van der Waals surface area contributed by atoms with Crippen LogP contribution < -0.4 is 0 Å². The van der Waals surface area contributed by atoms with Crippen LogP contribution >= 0.6 is 0 Å². The van der Waals surface area contributed by atoms with E-state index < -0.39 is 150 Å². The van der Waals surface area contributed by atoms with Gasteiger partial charge in [-0.05, 0) is 104 Å². The predicted octanol–water partition coefficient (Wildman–Crippen LogP) is -0.0241. The fraction of sp³-hybridized carbons (Fsp3) is 0.896. The van der Waals surface area contributed by atoms with Gasteiger partial charge in [-0.3, -0.25) is 4.79 Å². The Morgan fingerprint density at radius 2 is 1.34 bits per heavy atom. The summed E-state index contributed by atoms with van der Waals surface area (Å²) in [5.74, 6) is -3.37. The molecule has 3 aliphatic heterocycles. The van der Waals surface area contributed by atoms with Gasteiger partial charge in [0.15, 0.2) is 25.0 Å². The summed E-state index contributed by atoms with van der Waals surface area (Å²) in [5.41, 5.74) is -3.12. The number of aldehydes is 1. The van der Waals surface area contributed by atoms with E-state index in [2.05, 4.69) is 40.7 Å². The van der Waals surface area contributed by atoms with Crippen LogP contribution in [0.4, 0.5) is 0 Å². The molecule has 20 heteroatoms. The van der Waals surface area contributed by atoms with Crippen LogP contribution in [0.25, 0.3) is 0 Å². The van der Waals surface area contributed by atoms with Gasteiger partial charge in [0.25, 0.3) is 0 Å². The average molecular weight is 971 g/mol. The standard InChI is InChI=1S/C48H74O20/c1-20-28(52)30(54)32(56)39(63-20)66-35-34(58)36(38(59)60)67-41(37(35)68-40-33(57)31(55)29(53)23(18-49)64-40)65-27-11-12-44(4)24(45(27,5)19-50)10-13-46(6)25(44)9-8-21-22-16-43(2,3)14-15-48(22,42(61)62)26(51)17-47(21,46)7/h8,19-20,22-37,39-41,49,51-58H,9-18H2,1-7H3,(H,59,60)(H,61,62)/t20-,22-,23+,24+,25+,26+,27-,28-,29?,30+,31?,32+,33?,34-,35-,36-,37+,39-,40?,41+,44-,45-,46+,47+,48+/m0/s1. The smallest absolute Gasteiger partial charge is 0.335 e. The lowest BCUT2D eigenvalue weighted by atomic mass is 9.33. The van der Waals surface area contributed by atoms with E-state index in [4.69, 9.17) is 28.4 Å². The first-order valence-corrected chi connectivity index (χ1v) is 24.3. The summed E-state index contributed by atoms with van der Waals surface area (Å²) in [7, 11) is 0. The van der Waals surface area contributed by atoms with Crippen LogP contribution in [0.5, 0.6) is 0 Å². The Kier molecular flexibility index (Phi) is 13.8. The van der Waals surface area contributed by atoms with Gasteiger partial charge in [0, 0.05) is 0 Å². The van der Waals surface area contributed by atoms with Crippen LogP contribution in [0, 0.1) is 50.2 Å². The number of carboxylic acids is 2. The molecule has 0 bridgehead atoms. The Hall–Kier alpha value is -2.25. The van der Waals surface area contributed by atoms with Crippen molar-refractivity contribution in [2.75, 3.05) is 6.61 Å². The molecular formula is C48H74O20. The first-order chi connectivity index (χ1) is 31.7. The number of ether oxygens (including phenoxy) is 6. The Labute approximate surface area is 395 Å². The van der Waals surface area contributed by atoms with Gasteiger partial charge in [-0.2, -0.15) is 0 Å². The molecule has 5 aliphatic carbocycles. The number of allylic oxidation sites excluding steroid dienone is 2. The van der Waals surface area contributed by atoms with E-state index in [1.165, 1.54) is 6.92 Å². The van der Waals surface area contributed by atoms with Crippen LogP contribution in [-0.4, -0.2) is 185 Å². The minimum Gasteiger partial charge on any atom is -0.481 e. The number of aliphatic carboxylic acids is 2. The number of hydrogen-bond acceptors (Lipinski definition) is 18. The highest BCUT2D eigenvalue weighted by molar-refractivity contribution is 5.78. The monoisotopic (exact) mass is 970 g/mol. The number of hydrogen-bond donors (Lipinski definition) is 11. The van der Waals surface area contributed by atoms with Gasteiger partial charge in [0.1, 0.15) is 72.7 Å². The van der Waals surface area contributed by atoms with Crippen molar-refractivity contribution >= 4 is 18.2 Å². The van der Waals surface area contributed by atoms with Crippen molar-refractivity contribution in [2.45, 2.75) is 211 Å². The fourth-order valence-electron chi connectivity index (χ4n) is 15.0. The fourth-order valence-corrected chi connectivity index (χ4v) is 15.0. The lowest BCUT2D eigenvalue weighted by Gasteiger charge is -2.71. The number of rotatable bonds is 10. The van der Waals surface area contributed by atoms with Gasteiger partial charge < -0.3 is 89.4 Å². The molecule has 3 heterocycles. The van der Waals surface area contributed by atoms with Crippen LogP contribution in [0.2, 0.25) is 0 Å². The maximum absolute atomic E-state index is 13.8. The molecule has 0 aromatic heterocycles. The first-order valence-electron chi connectivity index (χ1n) is 24.3. The molecule has 0 amide bonds. The molecule has 0 aromatic carbocycles. The number of fused-ring (bicyclic) bond motifs is 7. The first kappa shape index (κ1) is 52.1. The van der Waals surface area contributed by atoms with Gasteiger partial charge in [0.2, 0.25) is 0 Å². The molecule has 8 aliphatic rings. The van der Waals surface area contributed by atoms with Crippen molar-refractivity contribution in [3.05, 3.63) is 11.6 Å². The molecule has 20 nitrogen and oxygen atoms in total. The molecule has 386 valence electrons. The van der Waals surface area contributed by atoms with Gasteiger partial charge in [-0.25, -0.2) is 4.79 Å². The quantitative estimate of drug-likeness (QED) is 0.0778. The number of carbonyl (C=O) groups is 3. The van der Waals surface area contributed by atoms with Crippen molar-refractivity contribution in [1.82, 2.24) is 0 Å². The molecule has 0 spiro atoms. The number of carboxylic acid groups (broad SMARTS) is 2. The minimum absolute atomic E-state index is 0.0282. The third-order valence-electron chi connectivity index (χ3n) is 19.3. The van der Waals surface area contributed by atoms with Crippen LogP contribution in [0.3, 0.4) is 0 Å². The molecule has 3 saturated heterocycles. The maximum atomic E-state index is 13.8. The van der Waals surface area contributed by atoms with Crippen molar-refractivity contribution in [3.8, 4) is 0 Å². The summed E-state index contributed by atoms with van der Waals surface area (Å²) in [4.78, 5) is 39.9. The second-order valence-electron chi connectivity index (χ2n) is 23.3. The van der Waals surface area contributed by atoms with Crippen molar-refractivity contribution in [2.24, 2.45) is 50.2 Å². The molecule has 25 atom stereocenters. The molecular weight excluding hydrogens is 897 g/mol. The van der Waals surface area contributed by atoms with E-state index >= 15 is 0 Å². The Bertz CT molecular complexity index is 1950.